The number of imidazole rings is 1. The van der Waals surface area contributed by atoms with E-state index in [1.54, 1.807) is 12.7 Å². The summed E-state index contributed by atoms with van der Waals surface area (Å²) in [6.45, 7) is 4.40. The fourth-order valence-corrected chi connectivity index (χ4v) is 7.61. The number of ether oxygens (including phenoxy) is 1. The number of rotatable bonds is 7. The third-order valence-corrected chi connectivity index (χ3v) is 9.52. The van der Waals surface area contributed by atoms with Crippen molar-refractivity contribution in [1.29, 1.82) is 0 Å². The summed E-state index contributed by atoms with van der Waals surface area (Å²) < 4.78 is 21.2. The molecule has 1 aliphatic rings. The van der Waals surface area contributed by atoms with Crippen LogP contribution in [0.5, 0.6) is 5.88 Å². The molecular formula is C18H34N7O2P. The van der Waals surface area contributed by atoms with E-state index in [1.807, 2.05) is 46.9 Å². The van der Waals surface area contributed by atoms with Gasteiger partial charge in [0.05, 0.1) is 0 Å². The first-order valence-corrected chi connectivity index (χ1v) is 11.5. The Balaban J connectivity index is 1.99. The Hall–Kier alpha value is -1.38. The van der Waals surface area contributed by atoms with Gasteiger partial charge in [-0.2, -0.15) is 0 Å². The van der Waals surface area contributed by atoms with Crippen LogP contribution in [0.2, 0.25) is 0 Å². The Bertz CT molecular complexity index is 789. The molecular weight excluding hydrogens is 377 g/mol. The van der Waals surface area contributed by atoms with Crippen molar-refractivity contribution in [2.75, 3.05) is 42.3 Å². The minimum absolute atomic E-state index is 0.0498. The molecule has 1 fully saturated rings. The molecule has 1 aliphatic heterocycles. The maximum absolute atomic E-state index is 6.59. The number of fused-ring (bicyclic) bond motifs is 1. The fraction of sp³-hybridized carbons (Fsp3) is 0.722. The minimum atomic E-state index is -2.61. The second-order valence-corrected chi connectivity index (χ2v) is 12.1. The molecule has 3 heterocycles. The molecule has 0 saturated carbocycles. The standard InChI is InChI=1S/C18H34N7O2P/c1-9-14-13(2)10-15(26-14)25-12-21-16-17(25)19-11-20-18(16)27-28(22(3)4,23(5)6)24(7)8/h11-15,28H,9-10H2,1-8H3/t13?,14-,15-/m1/s1. The monoisotopic (exact) mass is 411 g/mol. The van der Waals surface area contributed by atoms with Crippen LogP contribution in [-0.2, 0) is 4.74 Å². The molecule has 9 nitrogen and oxygen atoms in total. The topological polar surface area (TPSA) is 71.8 Å². The van der Waals surface area contributed by atoms with Gasteiger partial charge in [0.1, 0.15) is 0 Å². The molecule has 28 heavy (non-hydrogen) atoms. The predicted octanol–water partition coefficient (Wildman–Crippen LogP) is 2.63. The van der Waals surface area contributed by atoms with E-state index in [2.05, 4.69) is 42.8 Å². The predicted molar refractivity (Wildman–Crippen MR) is 113 cm³/mol. The van der Waals surface area contributed by atoms with Gasteiger partial charge >= 0.3 is 168 Å². The van der Waals surface area contributed by atoms with Crippen LogP contribution in [0.25, 0.3) is 11.2 Å². The molecule has 10 heteroatoms. The maximum atomic E-state index is 6.59. The van der Waals surface area contributed by atoms with Crippen molar-refractivity contribution in [1.82, 2.24) is 33.5 Å². The van der Waals surface area contributed by atoms with Crippen LogP contribution in [-0.4, -0.2) is 81.9 Å². The summed E-state index contributed by atoms with van der Waals surface area (Å²) >= 11 is 0. The van der Waals surface area contributed by atoms with Crippen LogP contribution in [0.4, 0.5) is 0 Å². The number of hydrogen-bond acceptors (Lipinski definition) is 8. The fourth-order valence-electron chi connectivity index (χ4n) is 4.26. The van der Waals surface area contributed by atoms with E-state index in [-0.39, 0.29) is 12.3 Å². The van der Waals surface area contributed by atoms with E-state index in [4.69, 9.17) is 9.26 Å². The number of hydrogen-bond donors (Lipinski definition) is 0. The summed E-state index contributed by atoms with van der Waals surface area (Å²) in [6, 6.07) is 0. The average Bonchev–Trinajstić information content (AvgIpc) is 3.22. The van der Waals surface area contributed by atoms with Crippen LogP contribution in [0.3, 0.4) is 0 Å². The van der Waals surface area contributed by atoms with Gasteiger partial charge < -0.3 is 0 Å². The molecule has 0 radical (unpaired) electrons. The van der Waals surface area contributed by atoms with Crippen molar-refractivity contribution in [3.8, 4) is 5.88 Å². The molecule has 3 atom stereocenters. The zero-order valence-corrected chi connectivity index (χ0v) is 19.2. The van der Waals surface area contributed by atoms with Crippen LogP contribution in [0.15, 0.2) is 12.7 Å². The Morgan fingerprint density at radius 2 is 1.75 bits per heavy atom. The molecule has 0 N–H and O–H groups in total. The van der Waals surface area contributed by atoms with Gasteiger partial charge in [-0.25, -0.2) is 0 Å². The van der Waals surface area contributed by atoms with Crippen molar-refractivity contribution in [2.24, 2.45) is 5.92 Å². The van der Waals surface area contributed by atoms with E-state index in [0.717, 1.165) is 18.5 Å². The average molecular weight is 411 g/mol. The molecule has 1 saturated heterocycles. The molecule has 2 aromatic rings. The summed E-state index contributed by atoms with van der Waals surface area (Å²) in [5, 5.41) is 0. The molecule has 1 unspecified atom stereocenters. The summed E-state index contributed by atoms with van der Waals surface area (Å²) in [5.74, 6) is 1.02. The van der Waals surface area contributed by atoms with Crippen LogP contribution in [0.1, 0.15) is 32.9 Å². The Labute approximate surface area is 168 Å². The van der Waals surface area contributed by atoms with E-state index >= 15 is 0 Å². The molecule has 0 amide bonds. The first-order chi connectivity index (χ1) is 13.2. The normalized spacial score (nSPS) is 24.0. The molecule has 0 bridgehead atoms. The van der Waals surface area contributed by atoms with Crippen molar-refractivity contribution in [2.45, 2.75) is 39.0 Å². The first kappa shape index (κ1) is 21.3. The quantitative estimate of drug-likeness (QED) is 0.644. The van der Waals surface area contributed by atoms with Gasteiger partial charge in [0.2, 0.25) is 0 Å². The molecule has 3 rings (SSSR count). The molecule has 158 valence electrons. The molecule has 0 spiro atoms. The SMILES string of the molecule is CC[C@H]1O[C@@H](n2cnc3c(O[PH](N(C)C)(N(C)C)N(C)C)ncnc32)CC1C. The molecule has 0 aliphatic carbocycles. The summed E-state index contributed by atoms with van der Waals surface area (Å²) in [4.78, 5) is 13.5. The van der Waals surface area contributed by atoms with Crippen molar-refractivity contribution in [3.63, 3.8) is 0 Å². The summed E-state index contributed by atoms with van der Waals surface area (Å²) in [5.41, 5.74) is 1.42. The third-order valence-electron chi connectivity index (χ3n) is 5.56. The van der Waals surface area contributed by atoms with Gasteiger partial charge in [0, 0.05) is 0 Å². The Morgan fingerprint density at radius 3 is 2.29 bits per heavy atom. The summed E-state index contributed by atoms with van der Waals surface area (Å²) in [6.07, 6.45) is 5.53. The zero-order chi connectivity index (χ0) is 20.6. The van der Waals surface area contributed by atoms with Gasteiger partial charge in [-0.15, -0.1) is 0 Å². The Kier molecular flexibility index (Phi) is 6.22. The number of nitrogens with zero attached hydrogens (tertiary/aromatic N) is 7. The van der Waals surface area contributed by atoms with Crippen molar-refractivity contribution < 1.29 is 9.26 Å². The van der Waals surface area contributed by atoms with Crippen molar-refractivity contribution in [3.05, 3.63) is 12.7 Å². The van der Waals surface area contributed by atoms with Gasteiger partial charge in [-0.05, 0) is 0 Å². The van der Waals surface area contributed by atoms with Crippen LogP contribution in [0, 0.1) is 5.92 Å². The Morgan fingerprint density at radius 1 is 1.11 bits per heavy atom. The van der Waals surface area contributed by atoms with E-state index in [0.29, 0.717) is 17.3 Å². The first-order valence-electron chi connectivity index (χ1n) is 9.76. The van der Waals surface area contributed by atoms with Crippen molar-refractivity contribution >= 4 is 19.1 Å². The van der Waals surface area contributed by atoms with Crippen LogP contribution >= 0.6 is 7.94 Å². The number of aromatic nitrogens is 4. The molecule has 0 aromatic carbocycles. The van der Waals surface area contributed by atoms with E-state index < -0.39 is 7.94 Å². The van der Waals surface area contributed by atoms with Crippen LogP contribution < -0.4 is 4.52 Å². The van der Waals surface area contributed by atoms with E-state index in [1.165, 1.54) is 0 Å². The van der Waals surface area contributed by atoms with Gasteiger partial charge in [-0.1, -0.05) is 0 Å². The van der Waals surface area contributed by atoms with Gasteiger partial charge in [0.15, 0.2) is 0 Å². The summed E-state index contributed by atoms with van der Waals surface area (Å²) in [7, 11) is 9.57. The van der Waals surface area contributed by atoms with E-state index in [9.17, 15) is 0 Å². The van der Waals surface area contributed by atoms with Gasteiger partial charge in [0.25, 0.3) is 0 Å². The third kappa shape index (κ3) is 3.50. The molecule has 2 aromatic heterocycles. The zero-order valence-electron chi connectivity index (χ0n) is 18.2. The second kappa shape index (κ2) is 8.16. The van der Waals surface area contributed by atoms with Gasteiger partial charge in [-0.3, -0.25) is 0 Å². The second-order valence-electron chi connectivity index (χ2n) is 8.11.